The van der Waals surface area contributed by atoms with Crippen LogP contribution in [0.3, 0.4) is 0 Å². The van der Waals surface area contributed by atoms with Gasteiger partial charge in [0.15, 0.2) is 5.84 Å². The van der Waals surface area contributed by atoms with Crippen molar-refractivity contribution in [2.24, 2.45) is 10.9 Å². The number of nitrogens with zero attached hydrogens (tertiary/aromatic N) is 2. The molecule has 5 heteroatoms. The average molecular weight is 235 g/mol. The molecule has 0 aliphatic carbocycles. The van der Waals surface area contributed by atoms with Crippen LogP contribution in [0.2, 0.25) is 0 Å². The minimum absolute atomic E-state index is 0.0303. The molecular formula is C12H17N3O2. The molecule has 0 fully saturated rings. The summed E-state index contributed by atoms with van der Waals surface area (Å²) < 4.78 is 0. The summed E-state index contributed by atoms with van der Waals surface area (Å²) in [6.45, 7) is 2.68. The number of rotatable bonds is 5. The summed E-state index contributed by atoms with van der Waals surface area (Å²) in [6, 6.07) is 8.96. The molecule has 0 bridgehead atoms. The molecule has 3 N–H and O–H groups in total. The van der Waals surface area contributed by atoms with Crippen LogP contribution in [0, 0.1) is 0 Å². The highest BCUT2D eigenvalue weighted by Crippen LogP contribution is 2.05. The normalized spacial score (nSPS) is 11.2. The minimum Gasteiger partial charge on any atom is -0.409 e. The summed E-state index contributed by atoms with van der Waals surface area (Å²) in [5.41, 5.74) is 6.03. The van der Waals surface area contributed by atoms with Crippen LogP contribution in [-0.4, -0.2) is 34.9 Å². The van der Waals surface area contributed by atoms with Crippen molar-refractivity contribution in [1.82, 2.24) is 4.90 Å². The summed E-state index contributed by atoms with van der Waals surface area (Å²) >= 11 is 0. The first-order valence-electron chi connectivity index (χ1n) is 5.49. The Balaban J connectivity index is 2.80. The van der Waals surface area contributed by atoms with Gasteiger partial charge in [-0.2, -0.15) is 0 Å². The van der Waals surface area contributed by atoms with Crippen LogP contribution in [0.1, 0.15) is 23.7 Å². The molecule has 0 radical (unpaired) electrons. The predicted octanol–water partition coefficient (Wildman–Crippen LogP) is 1.29. The van der Waals surface area contributed by atoms with Gasteiger partial charge in [0.2, 0.25) is 0 Å². The second kappa shape index (κ2) is 6.52. The van der Waals surface area contributed by atoms with E-state index >= 15 is 0 Å². The van der Waals surface area contributed by atoms with Gasteiger partial charge in [0, 0.05) is 12.1 Å². The number of amides is 1. The number of hydrogen-bond acceptors (Lipinski definition) is 3. The molecule has 0 aromatic heterocycles. The fourth-order valence-corrected chi connectivity index (χ4v) is 1.51. The molecule has 0 atom stereocenters. The first kappa shape index (κ1) is 13.0. The zero-order chi connectivity index (χ0) is 12.7. The highest BCUT2D eigenvalue weighted by atomic mass is 16.4. The first-order valence-corrected chi connectivity index (χ1v) is 5.49. The first-order chi connectivity index (χ1) is 8.19. The van der Waals surface area contributed by atoms with Crippen molar-refractivity contribution < 1.29 is 10.0 Å². The topological polar surface area (TPSA) is 78.9 Å². The van der Waals surface area contributed by atoms with Crippen molar-refractivity contribution in [3.63, 3.8) is 0 Å². The fourth-order valence-electron chi connectivity index (χ4n) is 1.51. The minimum atomic E-state index is -0.112. The standard InChI is InChI=1S/C12H17N3O2/c1-2-8-15(9-11(13)14-17)12(16)10-6-4-3-5-7-10/h3-7,17H,2,8-9H2,1H3,(H2,13,14). The van der Waals surface area contributed by atoms with Crippen LogP contribution in [0.25, 0.3) is 0 Å². The van der Waals surface area contributed by atoms with Gasteiger partial charge in [0.25, 0.3) is 5.91 Å². The molecule has 0 unspecified atom stereocenters. The maximum absolute atomic E-state index is 12.1. The van der Waals surface area contributed by atoms with E-state index in [-0.39, 0.29) is 18.3 Å². The van der Waals surface area contributed by atoms with Crippen molar-refractivity contribution in [2.75, 3.05) is 13.1 Å². The Bertz CT molecular complexity index is 390. The van der Waals surface area contributed by atoms with Gasteiger partial charge in [-0.15, -0.1) is 0 Å². The Morgan fingerprint density at radius 2 is 2.06 bits per heavy atom. The second-order valence-electron chi connectivity index (χ2n) is 3.68. The number of oxime groups is 1. The average Bonchev–Trinajstić information content (AvgIpc) is 2.38. The van der Waals surface area contributed by atoms with Gasteiger partial charge in [-0.3, -0.25) is 4.79 Å². The fraction of sp³-hybridized carbons (Fsp3) is 0.333. The van der Waals surface area contributed by atoms with Crippen molar-refractivity contribution in [2.45, 2.75) is 13.3 Å². The SMILES string of the molecule is CCCN(CC(N)=NO)C(=O)c1ccccc1. The highest BCUT2D eigenvalue weighted by molar-refractivity contribution is 5.96. The predicted molar refractivity (Wildman–Crippen MR) is 66.0 cm³/mol. The third kappa shape index (κ3) is 3.79. The molecule has 0 aliphatic rings. The zero-order valence-corrected chi connectivity index (χ0v) is 9.84. The van der Waals surface area contributed by atoms with Crippen molar-refractivity contribution in [3.05, 3.63) is 35.9 Å². The van der Waals surface area contributed by atoms with Gasteiger partial charge < -0.3 is 15.8 Å². The Morgan fingerprint density at radius 1 is 1.41 bits per heavy atom. The maximum atomic E-state index is 12.1. The van der Waals surface area contributed by atoms with Crippen LogP contribution >= 0.6 is 0 Å². The van der Waals surface area contributed by atoms with E-state index in [1.165, 1.54) is 0 Å². The Labute approximate surface area is 101 Å². The van der Waals surface area contributed by atoms with Crippen molar-refractivity contribution >= 4 is 11.7 Å². The summed E-state index contributed by atoms with van der Waals surface area (Å²) in [5, 5.41) is 11.4. The largest absolute Gasteiger partial charge is 0.409 e. The van der Waals surface area contributed by atoms with Gasteiger partial charge >= 0.3 is 0 Å². The Hall–Kier alpha value is -2.04. The van der Waals surface area contributed by atoms with E-state index in [0.717, 1.165) is 6.42 Å². The van der Waals surface area contributed by atoms with Crippen molar-refractivity contribution in [3.8, 4) is 0 Å². The molecule has 1 aromatic carbocycles. The van der Waals surface area contributed by atoms with Crippen LogP contribution < -0.4 is 5.73 Å². The van der Waals surface area contributed by atoms with Crippen LogP contribution in [-0.2, 0) is 0 Å². The monoisotopic (exact) mass is 235 g/mol. The van der Waals surface area contributed by atoms with E-state index in [1.54, 1.807) is 29.2 Å². The third-order valence-corrected chi connectivity index (χ3v) is 2.28. The molecule has 0 heterocycles. The summed E-state index contributed by atoms with van der Waals surface area (Å²) in [4.78, 5) is 13.7. The Kier molecular flexibility index (Phi) is 5.00. The van der Waals surface area contributed by atoms with Gasteiger partial charge in [0.05, 0.1) is 6.54 Å². The van der Waals surface area contributed by atoms with Gasteiger partial charge in [0.1, 0.15) is 0 Å². The molecule has 0 saturated heterocycles. The van der Waals surface area contributed by atoms with Gasteiger partial charge in [-0.05, 0) is 18.6 Å². The molecule has 1 aromatic rings. The quantitative estimate of drug-likeness (QED) is 0.349. The number of carbonyl (C=O) groups is 1. The number of amidine groups is 1. The smallest absolute Gasteiger partial charge is 0.254 e. The molecule has 5 nitrogen and oxygen atoms in total. The number of nitrogens with two attached hydrogens (primary N) is 1. The van der Waals surface area contributed by atoms with E-state index < -0.39 is 0 Å². The molecule has 0 saturated carbocycles. The molecule has 92 valence electrons. The molecule has 17 heavy (non-hydrogen) atoms. The number of hydrogen-bond donors (Lipinski definition) is 2. The molecule has 1 amide bonds. The lowest BCUT2D eigenvalue weighted by atomic mass is 10.2. The molecule has 0 aliphatic heterocycles. The van der Waals surface area contributed by atoms with E-state index in [2.05, 4.69) is 5.16 Å². The summed E-state index contributed by atoms with van der Waals surface area (Å²) in [5.74, 6) is -0.0817. The van der Waals surface area contributed by atoms with E-state index in [4.69, 9.17) is 10.9 Å². The molecule has 0 spiro atoms. The van der Waals surface area contributed by atoms with Crippen LogP contribution in [0.4, 0.5) is 0 Å². The third-order valence-electron chi connectivity index (χ3n) is 2.28. The molecular weight excluding hydrogens is 218 g/mol. The lowest BCUT2D eigenvalue weighted by Crippen LogP contribution is -2.39. The van der Waals surface area contributed by atoms with Crippen molar-refractivity contribution in [1.29, 1.82) is 0 Å². The number of carbonyl (C=O) groups excluding carboxylic acids is 1. The van der Waals surface area contributed by atoms with Gasteiger partial charge in [-0.1, -0.05) is 30.3 Å². The number of benzene rings is 1. The summed E-state index contributed by atoms with van der Waals surface area (Å²) in [7, 11) is 0. The molecule has 1 rings (SSSR count). The van der Waals surface area contributed by atoms with E-state index in [0.29, 0.717) is 12.1 Å². The van der Waals surface area contributed by atoms with Crippen LogP contribution in [0.15, 0.2) is 35.5 Å². The zero-order valence-electron chi connectivity index (χ0n) is 9.84. The van der Waals surface area contributed by atoms with E-state index in [9.17, 15) is 4.79 Å². The maximum Gasteiger partial charge on any atom is 0.254 e. The lowest BCUT2D eigenvalue weighted by Gasteiger charge is -2.21. The van der Waals surface area contributed by atoms with Crippen LogP contribution in [0.5, 0.6) is 0 Å². The second-order valence-corrected chi connectivity index (χ2v) is 3.68. The summed E-state index contributed by atoms with van der Waals surface area (Å²) in [6.07, 6.45) is 0.817. The highest BCUT2D eigenvalue weighted by Gasteiger charge is 2.15. The van der Waals surface area contributed by atoms with E-state index in [1.807, 2.05) is 13.0 Å². The van der Waals surface area contributed by atoms with Gasteiger partial charge in [-0.25, -0.2) is 0 Å². The lowest BCUT2D eigenvalue weighted by molar-refractivity contribution is 0.0778. The Morgan fingerprint density at radius 3 is 2.59 bits per heavy atom.